The van der Waals surface area contributed by atoms with E-state index in [-0.39, 0.29) is 32.8 Å². The largest absolute Gasteiger partial charge is 0.469 e. The van der Waals surface area contributed by atoms with Crippen LogP contribution in [0.25, 0.3) is 0 Å². The van der Waals surface area contributed by atoms with Crippen molar-refractivity contribution in [2.75, 3.05) is 89.4 Å². The van der Waals surface area contributed by atoms with Gasteiger partial charge in [0.25, 0.3) is 0 Å². The van der Waals surface area contributed by atoms with Crippen molar-refractivity contribution in [1.29, 1.82) is 0 Å². The normalized spacial score (nSPS) is 33.9. The fourth-order valence-corrected chi connectivity index (χ4v) is 12.4. The molecule has 0 amide bonds. The molecular weight excluding hydrogens is 1370 g/mol. The number of aliphatic hydroxyl groups is 1. The summed E-state index contributed by atoms with van der Waals surface area (Å²) in [5, 5.41) is 12.5. The fraction of sp³-hybridized carbons (Fsp3) is 0.773. The first-order valence-electron chi connectivity index (χ1n) is 33.0. The zero-order valence-electron chi connectivity index (χ0n) is 59.8. The number of methoxy groups -OCH3 is 7. The molecule has 578 valence electrons. The molecule has 36 nitrogen and oxygen atoms in total. The van der Waals surface area contributed by atoms with Gasteiger partial charge in [0.15, 0.2) is 80.3 Å². The second-order valence-electron chi connectivity index (χ2n) is 24.1. The number of hydrogen-bond acceptors (Lipinski definition) is 36. The van der Waals surface area contributed by atoms with Gasteiger partial charge in [0.2, 0.25) is 0 Å². The van der Waals surface area contributed by atoms with E-state index in [1.807, 2.05) is 0 Å². The summed E-state index contributed by atoms with van der Waals surface area (Å²) in [6, 6.07) is 8.86. The van der Waals surface area contributed by atoms with E-state index < -0.39 is 227 Å². The van der Waals surface area contributed by atoms with Gasteiger partial charge in [-0.2, -0.15) is 0 Å². The van der Waals surface area contributed by atoms with Crippen molar-refractivity contribution in [3.05, 3.63) is 35.9 Å². The molecule has 0 saturated carbocycles. The Labute approximate surface area is 589 Å². The maximum Gasteiger partial charge on any atom is 0.305 e. The third-order valence-electron chi connectivity index (χ3n) is 16.5. The van der Waals surface area contributed by atoms with E-state index in [9.17, 15) is 48.3 Å². The number of hydrogen-bond donors (Lipinski definition) is 1. The Morgan fingerprint density at radius 1 is 0.353 bits per heavy atom. The molecule has 25 atom stereocenters. The first-order chi connectivity index (χ1) is 48.7. The van der Waals surface area contributed by atoms with Gasteiger partial charge < -0.3 is 128 Å². The van der Waals surface area contributed by atoms with Crippen molar-refractivity contribution < 1.29 is 171 Å². The topological polar surface area (TPSA) is 414 Å². The first kappa shape index (κ1) is 84.7. The van der Waals surface area contributed by atoms with Crippen molar-refractivity contribution in [3.8, 4) is 0 Å². The minimum Gasteiger partial charge on any atom is -0.469 e. The quantitative estimate of drug-likeness (QED) is 0.0540. The van der Waals surface area contributed by atoms with Crippen LogP contribution >= 0.6 is 0 Å². The summed E-state index contributed by atoms with van der Waals surface area (Å²) < 4.78 is 160. The summed E-state index contributed by atoms with van der Waals surface area (Å²) in [4.78, 5) is 117. The Balaban J connectivity index is 1.58. The highest BCUT2D eigenvalue weighted by Gasteiger charge is 2.62. The van der Waals surface area contributed by atoms with Crippen molar-refractivity contribution in [2.24, 2.45) is 0 Å². The van der Waals surface area contributed by atoms with E-state index in [2.05, 4.69) is 0 Å². The molecule has 0 unspecified atom stereocenters. The molecule has 0 spiro atoms. The van der Waals surface area contributed by atoms with Crippen molar-refractivity contribution in [3.63, 3.8) is 0 Å². The van der Waals surface area contributed by atoms with Gasteiger partial charge in [0, 0.05) is 111 Å². The Kier molecular flexibility index (Phi) is 34.9. The van der Waals surface area contributed by atoms with Crippen molar-refractivity contribution in [1.82, 2.24) is 0 Å². The van der Waals surface area contributed by atoms with E-state index >= 15 is 0 Å². The molecule has 102 heavy (non-hydrogen) atoms. The molecule has 0 aliphatic carbocycles. The summed E-state index contributed by atoms with van der Waals surface area (Å²) in [6.07, 6.45) is -40.0. The standard InChI is InChI=1S/C66H98O36/c1-32(67)85-30-44-50(89-35(4)70)55(83-15)58(63(95-44)84-25-21-17-20-24-46(75)80-12)100-65-60(56(92-38(7)73)51(90-36(5)71)43(97-65)29-79-11)102-66-61(57(93-39(8)74)52(91-37(6)72)45(98-66)31-86-33(2)68)101-64-59(54(82-14)48(81-13)41(96-64)27-77-9)99-62-47(76)53(87-26-40-22-18-16-19-23-40)49(88-34(3)69)42(94-62)28-78-10/h16,18-19,22-23,41-45,47-66,76H,17,20-21,24-31H2,1-15H3/t41-,42-,43-,44-,45-,47-,48-,49-,50-,51-,52-,53-,54+,55+,56+,57+,58-,59-,60-,61-,62-,63+,64-,65-,66-/m1/s1. The van der Waals surface area contributed by atoms with Gasteiger partial charge in [-0.1, -0.05) is 36.8 Å². The molecule has 5 saturated heterocycles. The number of ether oxygens (including phenoxy) is 26. The molecule has 5 aliphatic heterocycles. The molecule has 5 heterocycles. The molecule has 5 fully saturated rings. The number of benzene rings is 1. The Morgan fingerprint density at radius 3 is 1.10 bits per heavy atom. The van der Waals surface area contributed by atoms with E-state index in [1.165, 1.54) is 49.8 Å². The van der Waals surface area contributed by atoms with Crippen molar-refractivity contribution >= 4 is 53.7 Å². The summed E-state index contributed by atoms with van der Waals surface area (Å²) in [5.74, 6) is -7.65. The van der Waals surface area contributed by atoms with Gasteiger partial charge in [-0.05, 0) is 18.4 Å². The minimum atomic E-state index is -2.19. The molecule has 0 radical (unpaired) electrons. The number of rotatable bonds is 37. The highest BCUT2D eigenvalue weighted by atomic mass is 16.8. The van der Waals surface area contributed by atoms with Crippen LogP contribution in [0.5, 0.6) is 0 Å². The Bertz CT molecular complexity index is 2810. The predicted octanol–water partition coefficient (Wildman–Crippen LogP) is 0.549. The number of carbonyl (C=O) groups excluding carboxylic acids is 9. The third kappa shape index (κ3) is 24.1. The van der Waals surface area contributed by atoms with Crippen LogP contribution in [-0.2, 0) is 173 Å². The van der Waals surface area contributed by atoms with Gasteiger partial charge in [0.1, 0.15) is 86.5 Å². The number of carbonyl (C=O) groups is 9. The summed E-state index contributed by atoms with van der Waals surface area (Å²) >= 11 is 0. The zero-order valence-corrected chi connectivity index (χ0v) is 59.8. The second kappa shape index (κ2) is 42.0. The van der Waals surface area contributed by atoms with Crippen molar-refractivity contribution in [2.45, 2.75) is 241 Å². The second-order valence-corrected chi connectivity index (χ2v) is 24.1. The van der Waals surface area contributed by atoms with Gasteiger partial charge in [-0.25, -0.2) is 0 Å². The first-order valence-corrected chi connectivity index (χ1v) is 33.0. The number of unbranched alkanes of at least 4 members (excludes halogenated alkanes) is 2. The van der Waals surface area contributed by atoms with Crippen LogP contribution < -0.4 is 0 Å². The maximum absolute atomic E-state index is 13.8. The highest BCUT2D eigenvalue weighted by molar-refractivity contribution is 5.70. The molecule has 1 N–H and O–H groups in total. The third-order valence-corrected chi connectivity index (χ3v) is 16.5. The smallest absolute Gasteiger partial charge is 0.305 e. The Hall–Kier alpha value is -6.27. The molecule has 0 aromatic heterocycles. The summed E-state index contributed by atoms with van der Waals surface area (Å²) in [5.41, 5.74) is 0.667. The number of aliphatic hydroxyl groups excluding tert-OH is 1. The summed E-state index contributed by atoms with van der Waals surface area (Å²) in [7, 11) is 9.11. The highest BCUT2D eigenvalue weighted by Crippen LogP contribution is 2.41. The van der Waals surface area contributed by atoms with Crippen LogP contribution in [0.4, 0.5) is 0 Å². The van der Waals surface area contributed by atoms with Crippen LogP contribution in [0.2, 0.25) is 0 Å². The van der Waals surface area contributed by atoms with E-state index in [0.29, 0.717) is 24.8 Å². The monoisotopic (exact) mass is 1470 g/mol. The van der Waals surface area contributed by atoms with Crippen LogP contribution in [0.3, 0.4) is 0 Å². The van der Waals surface area contributed by atoms with Crippen LogP contribution in [0.15, 0.2) is 30.3 Å². The molecule has 36 heteroatoms. The van der Waals surface area contributed by atoms with E-state index in [1.54, 1.807) is 30.3 Å². The average molecular weight is 1470 g/mol. The van der Waals surface area contributed by atoms with Crippen LogP contribution in [0.1, 0.15) is 86.6 Å². The Morgan fingerprint density at radius 2 is 0.696 bits per heavy atom. The van der Waals surface area contributed by atoms with E-state index in [0.717, 1.165) is 55.4 Å². The predicted molar refractivity (Wildman–Crippen MR) is 335 cm³/mol. The van der Waals surface area contributed by atoms with Gasteiger partial charge in [-0.3, -0.25) is 43.2 Å². The lowest BCUT2D eigenvalue weighted by Crippen LogP contribution is -2.70. The SMILES string of the molecule is COC[C@H]1O[C@H](O[C@H]2[C@@H](O[C@H]3[C@@H](O[C@H]4[C@@H](OCCCCCC(=O)OC)O[C@H](COC(C)=O)[C@@H](OC(C)=O)[C@@H]4OC)O[C@H](COC)[C@@H](OC(C)=O)[C@@H]3OC(C)=O)O[C@H](COC(C)=O)[C@@H](OC(C)=O)[C@@H]2OC(C)=O)[C@H](O[C@H]2O[C@H](COC)[C@@H](OC(C)=O)[C@H](OCc3ccccc3)[C@H]2O)[C@@H](OC)[C@@H]1OC. The van der Waals surface area contributed by atoms with Gasteiger partial charge >= 0.3 is 53.7 Å². The molecule has 1 aromatic rings. The molecule has 6 rings (SSSR count). The van der Waals surface area contributed by atoms with Gasteiger partial charge in [-0.15, -0.1) is 0 Å². The molecule has 5 aliphatic rings. The number of esters is 9. The molecule has 1 aromatic carbocycles. The van der Waals surface area contributed by atoms with E-state index in [4.69, 9.17) is 123 Å². The minimum absolute atomic E-state index is 0.0940. The summed E-state index contributed by atoms with van der Waals surface area (Å²) in [6.45, 7) is 6.08. The van der Waals surface area contributed by atoms with Gasteiger partial charge in [0.05, 0.1) is 33.5 Å². The lowest BCUT2D eigenvalue weighted by atomic mass is 9.94. The molecule has 0 bridgehead atoms. The fourth-order valence-electron chi connectivity index (χ4n) is 12.4. The van der Waals surface area contributed by atoms with Crippen LogP contribution in [0, 0.1) is 0 Å². The lowest BCUT2D eigenvalue weighted by Gasteiger charge is -2.52. The zero-order chi connectivity index (χ0) is 74.9. The average Bonchev–Trinajstić information content (AvgIpc) is 0.760. The lowest BCUT2D eigenvalue weighted by molar-refractivity contribution is -0.415. The molecular formula is C66H98O36. The van der Waals surface area contributed by atoms with Crippen LogP contribution in [-0.4, -0.2) is 302 Å². The maximum atomic E-state index is 13.8.